The average Bonchev–Trinajstić information content (AvgIpc) is 3.14. The second-order valence-corrected chi connectivity index (χ2v) is 7.33. The molecule has 2 heterocycles. The van der Waals surface area contributed by atoms with Crippen molar-refractivity contribution in [1.29, 1.82) is 0 Å². The second kappa shape index (κ2) is 8.79. The van der Waals surface area contributed by atoms with Crippen molar-refractivity contribution in [2.75, 3.05) is 6.61 Å². The number of aliphatic hydroxyl groups excluding tert-OH is 1. The number of halogens is 1. The molecule has 0 saturated heterocycles. The Labute approximate surface area is 177 Å². The number of rotatable bonds is 7. The maximum Gasteiger partial charge on any atom is 0.296 e. The minimum absolute atomic E-state index is 0.0237. The zero-order valence-corrected chi connectivity index (χ0v) is 17.0. The van der Waals surface area contributed by atoms with E-state index in [-0.39, 0.29) is 25.3 Å². The predicted octanol–water partition coefficient (Wildman–Crippen LogP) is 3.59. The van der Waals surface area contributed by atoms with Crippen LogP contribution in [-0.2, 0) is 17.9 Å². The highest BCUT2D eigenvalue weighted by atomic mass is 35.5. The Kier molecular flexibility index (Phi) is 5.94. The van der Waals surface area contributed by atoms with Crippen LogP contribution in [0.3, 0.4) is 0 Å². The number of aromatic nitrogens is 3. The van der Waals surface area contributed by atoms with Gasteiger partial charge in [0.15, 0.2) is 5.52 Å². The summed E-state index contributed by atoms with van der Waals surface area (Å²) in [4.78, 5) is 12.8. The van der Waals surface area contributed by atoms with Crippen molar-refractivity contribution in [3.05, 3.63) is 81.3 Å². The highest BCUT2D eigenvalue weighted by Gasteiger charge is 2.20. The van der Waals surface area contributed by atoms with Gasteiger partial charge in [-0.2, -0.15) is 5.10 Å². The van der Waals surface area contributed by atoms with Crippen molar-refractivity contribution >= 4 is 22.5 Å². The van der Waals surface area contributed by atoms with Crippen molar-refractivity contribution < 1.29 is 14.4 Å². The number of nitrogens with zero attached hydrogens (tertiary/aromatic N) is 3. The van der Waals surface area contributed by atoms with Gasteiger partial charge in [0.05, 0.1) is 31.2 Å². The monoisotopic (exact) mass is 425 g/mol. The van der Waals surface area contributed by atoms with E-state index in [1.54, 1.807) is 13.0 Å². The molecule has 0 amide bonds. The Balaban J connectivity index is 1.56. The normalized spacial score (nSPS) is 12.4. The molecule has 8 heteroatoms. The molecule has 0 fully saturated rings. The van der Waals surface area contributed by atoms with E-state index >= 15 is 0 Å². The molecule has 0 bridgehead atoms. The molecule has 0 radical (unpaired) electrons. The van der Waals surface area contributed by atoms with Crippen LogP contribution in [0, 0.1) is 6.92 Å². The van der Waals surface area contributed by atoms with E-state index in [0.717, 1.165) is 11.1 Å². The molecule has 1 atom stereocenters. The van der Waals surface area contributed by atoms with E-state index in [9.17, 15) is 9.90 Å². The van der Waals surface area contributed by atoms with Gasteiger partial charge in [-0.3, -0.25) is 4.79 Å². The molecule has 0 aliphatic heterocycles. The van der Waals surface area contributed by atoms with Crippen LogP contribution in [0.15, 0.2) is 63.9 Å². The van der Waals surface area contributed by atoms with Gasteiger partial charge in [-0.1, -0.05) is 65.3 Å². The van der Waals surface area contributed by atoms with Crippen molar-refractivity contribution in [3.63, 3.8) is 0 Å². The first-order valence-electron chi connectivity index (χ1n) is 9.46. The first-order valence-corrected chi connectivity index (χ1v) is 9.84. The fourth-order valence-corrected chi connectivity index (χ4v) is 3.42. The minimum Gasteiger partial charge on any atom is -0.389 e. The number of aliphatic hydroxyl groups is 1. The zero-order chi connectivity index (χ0) is 21.1. The van der Waals surface area contributed by atoms with Gasteiger partial charge in [0, 0.05) is 10.6 Å². The summed E-state index contributed by atoms with van der Waals surface area (Å²) in [7, 11) is 0. The van der Waals surface area contributed by atoms with Crippen LogP contribution in [0.1, 0.15) is 11.3 Å². The third-order valence-corrected chi connectivity index (χ3v) is 5.08. The smallest absolute Gasteiger partial charge is 0.296 e. The van der Waals surface area contributed by atoms with Crippen molar-refractivity contribution in [3.8, 4) is 11.3 Å². The largest absolute Gasteiger partial charge is 0.389 e. The summed E-state index contributed by atoms with van der Waals surface area (Å²) in [5, 5.41) is 20.0. The van der Waals surface area contributed by atoms with Crippen molar-refractivity contribution in [2.45, 2.75) is 26.2 Å². The van der Waals surface area contributed by atoms with Crippen LogP contribution < -0.4 is 5.56 Å². The molecule has 2 aromatic heterocycles. The van der Waals surface area contributed by atoms with Gasteiger partial charge < -0.3 is 14.4 Å². The van der Waals surface area contributed by atoms with E-state index in [1.165, 1.54) is 4.68 Å². The summed E-state index contributed by atoms with van der Waals surface area (Å²) in [5.41, 5.74) is 1.99. The summed E-state index contributed by atoms with van der Waals surface area (Å²) in [6, 6.07) is 16.8. The standard InChI is InChI=1S/C22H20ClN3O4/c1-14-19-20(15-7-3-2-4-8-15)24-26(22(28)21(19)25-30-14)11-17(27)13-29-12-16-9-5-6-10-18(16)23/h2-10,17,27H,11-13H2,1H3. The van der Waals surface area contributed by atoms with Crippen LogP contribution in [0.2, 0.25) is 5.02 Å². The van der Waals surface area contributed by atoms with Crippen molar-refractivity contribution in [2.24, 2.45) is 0 Å². The van der Waals surface area contributed by atoms with E-state index in [1.807, 2.05) is 48.5 Å². The van der Waals surface area contributed by atoms with Gasteiger partial charge in [-0.25, -0.2) is 4.68 Å². The Bertz CT molecular complexity index is 1220. The van der Waals surface area contributed by atoms with E-state index in [0.29, 0.717) is 21.9 Å². The molecular weight excluding hydrogens is 406 g/mol. The average molecular weight is 426 g/mol. The number of aryl methyl sites for hydroxylation is 1. The maximum atomic E-state index is 12.8. The van der Waals surface area contributed by atoms with Gasteiger partial charge in [0.1, 0.15) is 11.5 Å². The van der Waals surface area contributed by atoms with Gasteiger partial charge >= 0.3 is 0 Å². The first kappa shape index (κ1) is 20.3. The van der Waals surface area contributed by atoms with Gasteiger partial charge in [0.25, 0.3) is 5.56 Å². The lowest BCUT2D eigenvalue weighted by atomic mass is 10.1. The molecule has 30 heavy (non-hydrogen) atoms. The Morgan fingerprint density at radius 2 is 1.90 bits per heavy atom. The third kappa shape index (κ3) is 4.14. The first-order chi connectivity index (χ1) is 14.5. The van der Waals surface area contributed by atoms with Crippen LogP contribution in [0.5, 0.6) is 0 Å². The predicted molar refractivity (Wildman–Crippen MR) is 113 cm³/mol. The maximum absolute atomic E-state index is 12.8. The second-order valence-electron chi connectivity index (χ2n) is 6.92. The van der Waals surface area contributed by atoms with Gasteiger partial charge in [0.2, 0.25) is 0 Å². The van der Waals surface area contributed by atoms with E-state index < -0.39 is 11.7 Å². The fraction of sp³-hybridized carbons (Fsp3) is 0.227. The van der Waals surface area contributed by atoms with E-state index in [4.69, 9.17) is 20.9 Å². The Hall–Kier alpha value is -3.00. The number of ether oxygens (including phenoxy) is 1. The third-order valence-electron chi connectivity index (χ3n) is 4.71. The summed E-state index contributed by atoms with van der Waals surface area (Å²) in [6.07, 6.45) is -0.938. The lowest BCUT2D eigenvalue weighted by Gasteiger charge is -2.14. The highest BCUT2D eigenvalue weighted by molar-refractivity contribution is 6.31. The molecule has 154 valence electrons. The Morgan fingerprint density at radius 1 is 1.17 bits per heavy atom. The quantitative estimate of drug-likeness (QED) is 0.486. The lowest BCUT2D eigenvalue weighted by Crippen LogP contribution is -2.31. The van der Waals surface area contributed by atoms with Gasteiger partial charge in [-0.05, 0) is 18.6 Å². The molecule has 2 aromatic carbocycles. The van der Waals surface area contributed by atoms with Gasteiger partial charge in [-0.15, -0.1) is 0 Å². The molecule has 0 saturated carbocycles. The number of hydrogen-bond acceptors (Lipinski definition) is 6. The fourth-order valence-electron chi connectivity index (χ4n) is 3.23. The SMILES string of the molecule is Cc1onc2c(=O)n(CC(O)COCc3ccccc3Cl)nc(-c3ccccc3)c12. The number of hydrogen-bond donors (Lipinski definition) is 1. The molecule has 1 N–H and O–H groups in total. The summed E-state index contributed by atoms with van der Waals surface area (Å²) < 4.78 is 12.0. The molecule has 0 spiro atoms. The summed E-state index contributed by atoms with van der Waals surface area (Å²) in [6.45, 7) is 1.99. The zero-order valence-electron chi connectivity index (χ0n) is 16.3. The Morgan fingerprint density at radius 3 is 2.67 bits per heavy atom. The summed E-state index contributed by atoms with van der Waals surface area (Å²) >= 11 is 6.11. The molecular formula is C22H20ClN3O4. The topological polar surface area (TPSA) is 90.4 Å². The van der Waals surface area contributed by atoms with Crippen LogP contribution in [-0.4, -0.2) is 32.8 Å². The lowest BCUT2D eigenvalue weighted by molar-refractivity contribution is 0.0181. The molecule has 0 aliphatic rings. The highest BCUT2D eigenvalue weighted by Crippen LogP contribution is 2.26. The number of fused-ring (bicyclic) bond motifs is 1. The molecule has 1 unspecified atom stereocenters. The summed E-state index contributed by atoms with van der Waals surface area (Å²) in [5.74, 6) is 0.518. The van der Waals surface area contributed by atoms with Crippen LogP contribution >= 0.6 is 11.6 Å². The number of benzene rings is 2. The van der Waals surface area contributed by atoms with Crippen LogP contribution in [0.4, 0.5) is 0 Å². The van der Waals surface area contributed by atoms with Crippen molar-refractivity contribution in [1.82, 2.24) is 14.9 Å². The molecule has 4 rings (SSSR count). The van der Waals surface area contributed by atoms with E-state index in [2.05, 4.69) is 10.3 Å². The van der Waals surface area contributed by atoms with Crippen LogP contribution in [0.25, 0.3) is 22.2 Å². The molecule has 4 aromatic rings. The molecule has 0 aliphatic carbocycles. The molecule has 7 nitrogen and oxygen atoms in total. The minimum atomic E-state index is -0.938.